The van der Waals surface area contributed by atoms with E-state index < -0.39 is 11.8 Å². The third-order valence-electron chi connectivity index (χ3n) is 1.77. The van der Waals surface area contributed by atoms with Crippen LogP contribution >= 0.6 is 11.6 Å². The minimum absolute atomic E-state index is 0.00781. The predicted octanol–water partition coefficient (Wildman–Crippen LogP) is 2.17. The lowest BCUT2D eigenvalue weighted by molar-refractivity contribution is -0.142. The van der Waals surface area contributed by atoms with Crippen LogP contribution in [0.15, 0.2) is 12.1 Å². The SMILES string of the molecule is CCOC(=O)Cc1cc(N)c(Cl)c(F)c1. The molecule has 1 aromatic rings. The Morgan fingerprint density at radius 3 is 2.80 bits per heavy atom. The fourth-order valence-corrected chi connectivity index (χ4v) is 1.26. The van der Waals surface area contributed by atoms with Gasteiger partial charge < -0.3 is 10.5 Å². The molecule has 0 aliphatic rings. The third-order valence-corrected chi connectivity index (χ3v) is 2.17. The van der Waals surface area contributed by atoms with E-state index in [4.69, 9.17) is 22.1 Å². The van der Waals surface area contributed by atoms with Gasteiger partial charge in [-0.25, -0.2) is 4.39 Å². The number of ether oxygens (including phenoxy) is 1. The highest BCUT2D eigenvalue weighted by atomic mass is 35.5. The van der Waals surface area contributed by atoms with Crippen molar-refractivity contribution >= 4 is 23.3 Å². The van der Waals surface area contributed by atoms with Gasteiger partial charge in [-0.3, -0.25) is 4.79 Å². The zero-order chi connectivity index (χ0) is 11.4. The zero-order valence-corrected chi connectivity index (χ0v) is 8.97. The molecule has 0 bridgehead atoms. The summed E-state index contributed by atoms with van der Waals surface area (Å²) >= 11 is 5.53. The molecule has 0 aromatic heterocycles. The molecule has 0 spiro atoms. The van der Waals surface area contributed by atoms with Crippen LogP contribution < -0.4 is 5.73 Å². The van der Waals surface area contributed by atoms with Gasteiger partial charge in [0.05, 0.1) is 23.7 Å². The van der Waals surface area contributed by atoms with Crippen molar-refractivity contribution in [3.05, 3.63) is 28.5 Å². The van der Waals surface area contributed by atoms with Crippen LogP contribution in [-0.4, -0.2) is 12.6 Å². The van der Waals surface area contributed by atoms with Crippen LogP contribution in [0.1, 0.15) is 12.5 Å². The molecule has 0 fully saturated rings. The molecule has 0 aliphatic heterocycles. The lowest BCUT2D eigenvalue weighted by atomic mass is 10.1. The molecule has 0 radical (unpaired) electrons. The Bertz CT molecular complexity index is 359. The maximum Gasteiger partial charge on any atom is 0.310 e. The summed E-state index contributed by atoms with van der Waals surface area (Å²) in [5.41, 5.74) is 6.02. The maximum absolute atomic E-state index is 13.1. The first kappa shape index (κ1) is 11.8. The highest BCUT2D eigenvalue weighted by molar-refractivity contribution is 6.33. The largest absolute Gasteiger partial charge is 0.466 e. The smallest absolute Gasteiger partial charge is 0.310 e. The molecule has 1 rings (SSSR count). The fourth-order valence-electron chi connectivity index (χ4n) is 1.15. The van der Waals surface area contributed by atoms with Gasteiger partial charge in [0, 0.05) is 0 Å². The quantitative estimate of drug-likeness (QED) is 0.641. The Labute approximate surface area is 92.0 Å². The first-order chi connectivity index (χ1) is 7.04. The Kier molecular flexibility index (Phi) is 3.91. The lowest BCUT2D eigenvalue weighted by Crippen LogP contribution is -2.08. The molecule has 2 N–H and O–H groups in total. The van der Waals surface area contributed by atoms with Crippen molar-refractivity contribution in [3.8, 4) is 0 Å². The normalized spacial score (nSPS) is 10.1. The van der Waals surface area contributed by atoms with E-state index in [0.717, 1.165) is 0 Å². The summed E-state index contributed by atoms with van der Waals surface area (Å²) in [5.74, 6) is -1.05. The van der Waals surface area contributed by atoms with Crippen LogP contribution in [0.2, 0.25) is 5.02 Å². The van der Waals surface area contributed by atoms with Crippen LogP contribution in [0.3, 0.4) is 0 Å². The molecule has 0 saturated carbocycles. The number of benzene rings is 1. The number of carbonyl (C=O) groups excluding carboxylic acids is 1. The highest BCUT2D eigenvalue weighted by Gasteiger charge is 2.09. The molecule has 0 heterocycles. The van der Waals surface area contributed by atoms with Gasteiger partial charge in [-0.15, -0.1) is 0 Å². The van der Waals surface area contributed by atoms with Gasteiger partial charge in [-0.2, -0.15) is 0 Å². The number of carbonyl (C=O) groups is 1. The van der Waals surface area contributed by atoms with E-state index in [1.807, 2.05) is 0 Å². The average molecular weight is 232 g/mol. The monoisotopic (exact) mass is 231 g/mol. The summed E-state index contributed by atoms with van der Waals surface area (Å²) < 4.78 is 17.8. The number of anilines is 1. The van der Waals surface area contributed by atoms with Crippen molar-refractivity contribution in [1.82, 2.24) is 0 Å². The summed E-state index contributed by atoms with van der Waals surface area (Å²) in [5, 5.41) is -0.123. The summed E-state index contributed by atoms with van der Waals surface area (Å²) in [7, 11) is 0. The molecule has 5 heteroatoms. The molecule has 0 saturated heterocycles. The van der Waals surface area contributed by atoms with Crippen molar-refractivity contribution in [1.29, 1.82) is 0 Å². The van der Waals surface area contributed by atoms with Gasteiger partial charge in [0.15, 0.2) is 0 Å². The van der Waals surface area contributed by atoms with E-state index in [1.54, 1.807) is 6.92 Å². The summed E-state index contributed by atoms with van der Waals surface area (Å²) in [6, 6.07) is 2.64. The fraction of sp³-hybridized carbons (Fsp3) is 0.300. The number of halogens is 2. The summed E-state index contributed by atoms with van der Waals surface area (Å²) in [6.07, 6.45) is -0.00781. The topological polar surface area (TPSA) is 52.3 Å². The maximum atomic E-state index is 13.1. The minimum atomic E-state index is -0.629. The van der Waals surface area contributed by atoms with Crippen molar-refractivity contribution in [2.45, 2.75) is 13.3 Å². The standard InChI is InChI=1S/C10H11ClFNO2/c1-2-15-9(14)5-6-3-7(12)10(11)8(13)4-6/h3-4H,2,5,13H2,1H3. The molecule has 1 aromatic carbocycles. The van der Waals surface area contributed by atoms with Crippen LogP contribution in [0.5, 0.6) is 0 Å². The zero-order valence-electron chi connectivity index (χ0n) is 8.22. The molecule has 3 nitrogen and oxygen atoms in total. The van der Waals surface area contributed by atoms with Gasteiger partial charge in [0.2, 0.25) is 0 Å². The second-order valence-electron chi connectivity index (χ2n) is 2.96. The lowest BCUT2D eigenvalue weighted by Gasteiger charge is -2.05. The predicted molar refractivity (Wildman–Crippen MR) is 56.2 cm³/mol. The summed E-state index contributed by atoms with van der Waals surface area (Å²) in [4.78, 5) is 11.1. The minimum Gasteiger partial charge on any atom is -0.466 e. The van der Waals surface area contributed by atoms with Crippen LogP contribution in [0.4, 0.5) is 10.1 Å². The van der Waals surface area contributed by atoms with E-state index in [9.17, 15) is 9.18 Å². The van der Waals surface area contributed by atoms with Gasteiger partial charge in [0.25, 0.3) is 0 Å². The second kappa shape index (κ2) is 4.98. The third kappa shape index (κ3) is 3.09. The number of esters is 1. The van der Waals surface area contributed by atoms with Gasteiger partial charge in [0.1, 0.15) is 5.82 Å². The molecule has 0 atom stereocenters. The Morgan fingerprint density at radius 1 is 1.60 bits per heavy atom. The van der Waals surface area contributed by atoms with Gasteiger partial charge >= 0.3 is 5.97 Å². The molecule has 0 unspecified atom stereocenters. The molecular weight excluding hydrogens is 221 g/mol. The average Bonchev–Trinajstić information content (AvgIpc) is 2.14. The van der Waals surface area contributed by atoms with Crippen molar-refractivity contribution in [2.75, 3.05) is 12.3 Å². The van der Waals surface area contributed by atoms with Crippen molar-refractivity contribution in [3.63, 3.8) is 0 Å². The Hall–Kier alpha value is -1.29. The molecule has 0 aliphatic carbocycles. The number of hydrogen-bond acceptors (Lipinski definition) is 3. The van der Waals surface area contributed by atoms with E-state index >= 15 is 0 Å². The Balaban J connectivity index is 2.83. The highest BCUT2D eigenvalue weighted by Crippen LogP contribution is 2.24. The number of hydrogen-bond donors (Lipinski definition) is 1. The van der Waals surface area contributed by atoms with Crippen LogP contribution in [0, 0.1) is 5.82 Å². The number of nitrogens with two attached hydrogens (primary N) is 1. The van der Waals surface area contributed by atoms with E-state index in [0.29, 0.717) is 12.2 Å². The summed E-state index contributed by atoms with van der Waals surface area (Å²) in [6.45, 7) is 2.00. The second-order valence-corrected chi connectivity index (χ2v) is 3.34. The van der Waals surface area contributed by atoms with Crippen molar-refractivity contribution < 1.29 is 13.9 Å². The Morgan fingerprint density at radius 2 is 2.27 bits per heavy atom. The van der Waals surface area contributed by atoms with Crippen LogP contribution in [0.25, 0.3) is 0 Å². The molecule has 82 valence electrons. The molecular formula is C10H11ClFNO2. The van der Waals surface area contributed by atoms with Gasteiger partial charge in [-0.1, -0.05) is 11.6 Å². The number of rotatable bonds is 3. The first-order valence-electron chi connectivity index (χ1n) is 4.43. The molecule has 0 amide bonds. The number of nitrogen functional groups attached to an aromatic ring is 1. The van der Waals surface area contributed by atoms with Crippen molar-refractivity contribution in [2.24, 2.45) is 0 Å². The first-order valence-corrected chi connectivity index (χ1v) is 4.81. The van der Waals surface area contributed by atoms with E-state index in [2.05, 4.69) is 0 Å². The van der Waals surface area contributed by atoms with E-state index in [-0.39, 0.29) is 17.1 Å². The van der Waals surface area contributed by atoms with E-state index in [1.165, 1.54) is 12.1 Å². The van der Waals surface area contributed by atoms with Gasteiger partial charge in [-0.05, 0) is 24.6 Å². The molecule has 15 heavy (non-hydrogen) atoms. The van der Waals surface area contributed by atoms with Crippen LogP contribution in [-0.2, 0) is 16.0 Å².